The van der Waals surface area contributed by atoms with E-state index in [0.29, 0.717) is 19.3 Å². The lowest BCUT2D eigenvalue weighted by Crippen LogP contribution is -2.30. The quantitative estimate of drug-likeness (QED) is 0.0261. The van der Waals surface area contributed by atoms with Gasteiger partial charge in [-0.2, -0.15) is 0 Å². The van der Waals surface area contributed by atoms with Gasteiger partial charge in [0, 0.05) is 19.3 Å². The number of hydrogen-bond donors (Lipinski definition) is 0. The highest BCUT2D eigenvalue weighted by Gasteiger charge is 2.19. The highest BCUT2D eigenvalue weighted by molar-refractivity contribution is 5.71. The van der Waals surface area contributed by atoms with Crippen molar-refractivity contribution in [3.63, 3.8) is 0 Å². The number of hydrogen-bond acceptors (Lipinski definition) is 6. The van der Waals surface area contributed by atoms with Crippen LogP contribution in [0.1, 0.15) is 303 Å². The second-order valence-electron chi connectivity index (χ2n) is 22.3. The fourth-order valence-corrected chi connectivity index (χ4v) is 9.15. The van der Waals surface area contributed by atoms with Gasteiger partial charge in [-0.3, -0.25) is 14.4 Å². The normalized spacial score (nSPS) is 13.0. The van der Waals surface area contributed by atoms with Gasteiger partial charge >= 0.3 is 17.9 Å². The predicted molar refractivity (Wildman–Crippen MR) is 362 cm³/mol. The van der Waals surface area contributed by atoms with E-state index in [1.807, 2.05) is 0 Å². The average molecular weight is 1150 g/mol. The molecule has 0 rings (SSSR count). The van der Waals surface area contributed by atoms with E-state index in [1.165, 1.54) is 122 Å². The second-order valence-corrected chi connectivity index (χ2v) is 22.3. The monoisotopic (exact) mass is 1150 g/mol. The molecule has 0 saturated carbocycles. The molecule has 0 N–H and O–H groups in total. The highest BCUT2D eigenvalue weighted by Crippen LogP contribution is 2.15. The maximum absolute atomic E-state index is 12.9. The van der Waals surface area contributed by atoms with E-state index in [2.05, 4.69) is 167 Å². The summed E-state index contributed by atoms with van der Waals surface area (Å²) in [6.07, 6.45) is 100. The Morgan fingerprint density at radius 2 is 0.482 bits per heavy atom. The van der Waals surface area contributed by atoms with E-state index in [1.54, 1.807) is 0 Å². The van der Waals surface area contributed by atoms with Crippen molar-refractivity contribution in [2.45, 2.75) is 309 Å². The smallest absolute Gasteiger partial charge is 0.306 e. The van der Waals surface area contributed by atoms with Gasteiger partial charge in [0.25, 0.3) is 0 Å². The van der Waals surface area contributed by atoms with Gasteiger partial charge in [-0.1, -0.05) is 289 Å². The van der Waals surface area contributed by atoms with Crippen LogP contribution in [-0.4, -0.2) is 37.2 Å². The summed E-state index contributed by atoms with van der Waals surface area (Å²) >= 11 is 0. The average Bonchev–Trinajstić information content (AvgIpc) is 3.48. The van der Waals surface area contributed by atoms with Gasteiger partial charge in [-0.15, -0.1) is 0 Å². The fourth-order valence-electron chi connectivity index (χ4n) is 9.15. The summed E-state index contributed by atoms with van der Waals surface area (Å²) in [6, 6.07) is 0. The SMILES string of the molecule is CC/C=C\C/C=C\C/C=C\C/C=C\C/C=C\C/C=C\C/C=C\C/C=C\C/C=C\CCCCCCCCCC(=O)OCC(COC(=O)CCCCCCC/C=C\CCCC)OC(=O)CCCCCCCCCCC/C=C\C/C=C\CCCCC. The summed E-state index contributed by atoms with van der Waals surface area (Å²) in [5.41, 5.74) is 0. The lowest BCUT2D eigenvalue weighted by atomic mass is 10.1. The van der Waals surface area contributed by atoms with E-state index in [0.717, 1.165) is 141 Å². The zero-order chi connectivity index (χ0) is 59.9. The molecule has 0 aromatic heterocycles. The molecule has 0 amide bonds. The Balaban J connectivity index is 4.27. The van der Waals surface area contributed by atoms with Gasteiger partial charge < -0.3 is 14.2 Å². The Morgan fingerprint density at radius 3 is 0.783 bits per heavy atom. The lowest BCUT2D eigenvalue weighted by molar-refractivity contribution is -0.167. The molecule has 0 spiro atoms. The third kappa shape index (κ3) is 68.0. The van der Waals surface area contributed by atoms with Crippen LogP contribution in [0, 0.1) is 0 Å². The van der Waals surface area contributed by atoms with Crippen LogP contribution in [0.2, 0.25) is 0 Å². The summed E-state index contributed by atoms with van der Waals surface area (Å²) < 4.78 is 16.9. The van der Waals surface area contributed by atoms with Gasteiger partial charge in [0.1, 0.15) is 13.2 Å². The minimum atomic E-state index is -0.794. The molecule has 0 aromatic rings. The Morgan fingerprint density at radius 1 is 0.253 bits per heavy atom. The molecular formula is C77H126O6. The number of esters is 3. The van der Waals surface area contributed by atoms with E-state index in [-0.39, 0.29) is 31.1 Å². The zero-order valence-corrected chi connectivity index (χ0v) is 53.9. The van der Waals surface area contributed by atoms with Gasteiger partial charge in [0.2, 0.25) is 0 Å². The van der Waals surface area contributed by atoms with Crippen LogP contribution in [0.25, 0.3) is 0 Å². The van der Waals surface area contributed by atoms with Crippen molar-refractivity contribution in [3.8, 4) is 0 Å². The van der Waals surface area contributed by atoms with Crippen molar-refractivity contribution in [2.75, 3.05) is 13.2 Å². The Bertz CT molecular complexity index is 1800. The van der Waals surface area contributed by atoms with Crippen LogP contribution in [-0.2, 0) is 28.6 Å². The molecule has 0 saturated heterocycles. The van der Waals surface area contributed by atoms with Crippen molar-refractivity contribution < 1.29 is 28.6 Å². The number of carbonyl (C=O) groups is 3. The van der Waals surface area contributed by atoms with Crippen LogP contribution in [0.15, 0.2) is 146 Å². The molecule has 0 radical (unpaired) electrons. The first-order valence-corrected chi connectivity index (χ1v) is 34.3. The van der Waals surface area contributed by atoms with E-state index in [4.69, 9.17) is 14.2 Å². The van der Waals surface area contributed by atoms with Crippen LogP contribution in [0.4, 0.5) is 0 Å². The summed E-state index contributed by atoms with van der Waals surface area (Å²) in [6.45, 7) is 6.45. The van der Waals surface area contributed by atoms with Crippen LogP contribution in [0.3, 0.4) is 0 Å². The lowest BCUT2D eigenvalue weighted by Gasteiger charge is -2.18. The van der Waals surface area contributed by atoms with E-state index >= 15 is 0 Å². The molecule has 1 atom stereocenters. The number of ether oxygens (including phenoxy) is 3. The van der Waals surface area contributed by atoms with Crippen molar-refractivity contribution in [3.05, 3.63) is 146 Å². The Hall–Kier alpha value is -4.71. The summed E-state index contributed by atoms with van der Waals surface area (Å²) in [5.74, 6) is -0.912. The predicted octanol–water partition coefficient (Wildman–Crippen LogP) is 23.9. The maximum Gasteiger partial charge on any atom is 0.306 e. The van der Waals surface area contributed by atoms with Crippen molar-refractivity contribution >= 4 is 17.9 Å². The fraction of sp³-hybridized carbons (Fsp3) is 0.649. The Labute approximate surface area is 512 Å². The molecule has 1 unspecified atom stereocenters. The molecule has 0 bridgehead atoms. The van der Waals surface area contributed by atoms with Gasteiger partial charge in [-0.25, -0.2) is 0 Å². The van der Waals surface area contributed by atoms with Crippen LogP contribution >= 0.6 is 0 Å². The Kier molecular flexibility index (Phi) is 65.8. The molecule has 6 nitrogen and oxygen atoms in total. The molecule has 0 aromatic carbocycles. The maximum atomic E-state index is 12.9. The standard InChI is InChI=1S/C77H126O6/c1-4-7-10-13-16-19-22-24-26-28-30-31-32-33-34-35-36-37-38-39-40-41-42-43-44-45-47-48-50-52-55-58-61-64-67-70-76(79)82-73-74(72-81-75(78)69-66-63-60-57-54-21-18-15-12-9-6-3)83-77(80)71-68-65-62-59-56-53-51-49-46-29-27-25-23-20-17-14-11-8-5-2/h7,10,15-20,24-27,30-31,33-34,36-37,39-40,42-43,45,47,74H,4-6,8-9,11-14,21-23,28-29,32,35,38,41,44,46,48-73H2,1-3H3/b10-7-,18-15-,19-16-,20-17-,26-24-,27-25-,31-30-,34-33-,37-36-,40-39-,43-42-,47-45-. The molecule has 0 aliphatic heterocycles. The number of rotatable bonds is 61. The summed E-state index contributed by atoms with van der Waals surface area (Å²) in [4.78, 5) is 38.3. The van der Waals surface area contributed by atoms with Crippen molar-refractivity contribution in [1.82, 2.24) is 0 Å². The third-order valence-electron chi connectivity index (χ3n) is 14.3. The van der Waals surface area contributed by atoms with Gasteiger partial charge in [0.15, 0.2) is 6.10 Å². The molecule has 470 valence electrons. The second kappa shape index (κ2) is 69.8. The third-order valence-corrected chi connectivity index (χ3v) is 14.3. The highest BCUT2D eigenvalue weighted by atomic mass is 16.6. The summed E-state index contributed by atoms with van der Waals surface area (Å²) in [5, 5.41) is 0. The van der Waals surface area contributed by atoms with Gasteiger partial charge in [-0.05, 0) is 141 Å². The molecule has 6 heteroatoms. The zero-order valence-electron chi connectivity index (χ0n) is 53.9. The number of unbranched alkanes of at least 4 members (excludes halogenated alkanes) is 26. The minimum Gasteiger partial charge on any atom is -0.462 e. The first kappa shape index (κ1) is 78.3. The molecular weight excluding hydrogens is 1020 g/mol. The molecule has 0 fully saturated rings. The van der Waals surface area contributed by atoms with Crippen molar-refractivity contribution in [1.29, 1.82) is 0 Å². The van der Waals surface area contributed by atoms with Gasteiger partial charge in [0.05, 0.1) is 0 Å². The molecule has 0 aliphatic rings. The topological polar surface area (TPSA) is 78.9 Å². The largest absolute Gasteiger partial charge is 0.462 e. The first-order valence-electron chi connectivity index (χ1n) is 34.3. The summed E-state index contributed by atoms with van der Waals surface area (Å²) in [7, 11) is 0. The first-order chi connectivity index (χ1) is 41.0. The van der Waals surface area contributed by atoms with Crippen molar-refractivity contribution in [2.24, 2.45) is 0 Å². The van der Waals surface area contributed by atoms with E-state index in [9.17, 15) is 14.4 Å². The van der Waals surface area contributed by atoms with Crippen LogP contribution in [0.5, 0.6) is 0 Å². The van der Waals surface area contributed by atoms with Crippen LogP contribution < -0.4 is 0 Å². The number of allylic oxidation sites excluding steroid dienone is 24. The molecule has 83 heavy (non-hydrogen) atoms. The minimum absolute atomic E-state index is 0.0903. The van der Waals surface area contributed by atoms with E-state index < -0.39 is 6.10 Å². The number of carbonyl (C=O) groups excluding carboxylic acids is 3. The molecule has 0 heterocycles. The molecule has 0 aliphatic carbocycles.